The maximum absolute atomic E-state index is 12.4. The summed E-state index contributed by atoms with van der Waals surface area (Å²) in [4.78, 5) is 30.5. The molecule has 2 aromatic heterocycles. The van der Waals surface area contributed by atoms with Gasteiger partial charge in [0.2, 0.25) is 5.43 Å². The molecule has 5 N–H and O–H groups in total. The Morgan fingerprint density at radius 2 is 1.80 bits per heavy atom. The molecular formula is C19H14N4O2. The van der Waals surface area contributed by atoms with E-state index in [1.807, 2.05) is 12.1 Å². The largest absolute Gasteiger partial charge is 0.384 e. The number of primary amides is 1. The molecule has 2 heterocycles. The summed E-state index contributed by atoms with van der Waals surface area (Å²) >= 11 is 0. The van der Waals surface area contributed by atoms with E-state index in [1.165, 1.54) is 6.20 Å². The molecule has 1 aromatic carbocycles. The van der Waals surface area contributed by atoms with Crippen LogP contribution in [0.5, 0.6) is 0 Å². The Balaban J connectivity index is 1.94. The van der Waals surface area contributed by atoms with Crippen molar-refractivity contribution in [2.45, 2.75) is 0 Å². The fraction of sp³-hybridized carbons (Fsp3) is 0. The number of hydrogen-bond donors (Lipinski definition) is 3. The average Bonchev–Trinajstić information content (AvgIpc) is 2.61. The summed E-state index contributed by atoms with van der Waals surface area (Å²) in [7, 11) is 0. The first-order valence-electron chi connectivity index (χ1n) is 7.39. The van der Waals surface area contributed by atoms with Crippen LogP contribution in [0.15, 0.2) is 59.8 Å². The number of H-pyrrole nitrogens is 1. The van der Waals surface area contributed by atoms with E-state index in [-0.39, 0.29) is 11.4 Å². The Morgan fingerprint density at radius 3 is 2.44 bits per heavy atom. The van der Waals surface area contributed by atoms with Crippen LogP contribution in [-0.4, -0.2) is 15.9 Å². The normalized spacial score (nSPS) is 9.92. The maximum Gasteiger partial charge on any atom is 0.256 e. The van der Waals surface area contributed by atoms with Crippen LogP contribution in [0.1, 0.15) is 21.5 Å². The second-order valence-corrected chi connectivity index (χ2v) is 5.25. The number of nitrogen functional groups attached to an aromatic ring is 1. The molecule has 122 valence electrons. The van der Waals surface area contributed by atoms with Crippen LogP contribution >= 0.6 is 0 Å². The van der Waals surface area contributed by atoms with Crippen molar-refractivity contribution in [3.63, 3.8) is 0 Å². The van der Waals surface area contributed by atoms with Gasteiger partial charge in [-0.2, -0.15) is 0 Å². The predicted molar refractivity (Wildman–Crippen MR) is 95.6 cm³/mol. The SMILES string of the molecule is NC(=O)c1c(N)[nH]cc(-c2ccc(C#Cc3cccnc3)cc2)c1=O. The number of aromatic nitrogens is 2. The third kappa shape index (κ3) is 3.41. The lowest BCUT2D eigenvalue weighted by molar-refractivity contribution is 0.1000. The minimum absolute atomic E-state index is 0.0415. The summed E-state index contributed by atoms with van der Waals surface area (Å²) in [6, 6.07) is 10.8. The number of carbonyl (C=O) groups excluding carboxylic acids is 1. The molecular weight excluding hydrogens is 316 g/mol. The number of anilines is 1. The van der Waals surface area contributed by atoms with Crippen molar-refractivity contribution in [3.05, 3.63) is 81.9 Å². The van der Waals surface area contributed by atoms with Gasteiger partial charge in [-0.1, -0.05) is 24.0 Å². The van der Waals surface area contributed by atoms with E-state index in [2.05, 4.69) is 21.8 Å². The first-order valence-corrected chi connectivity index (χ1v) is 7.39. The topological polar surface area (TPSA) is 115 Å². The zero-order valence-electron chi connectivity index (χ0n) is 13.1. The number of hydrogen-bond acceptors (Lipinski definition) is 4. The molecule has 3 aromatic rings. The molecule has 3 rings (SSSR count). The Morgan fingerprint density at radius 1 is 1.08 bits per heavy atom. The van der Waals surface area contributed by atoms with Gasteiger partial charge in [-0.3, -0.25) is 14.6 Å². The summed E-state index contributed by atoms with van der Waals surface area (Å²) < 4.78 is 0. The molecule has 25 heavy (non-hydrogen) atoms. The number of benzene rings is 1. The monoisotopic (exact) mass is 330 g/mol. The molecule has 0 fully saturated rings. The van der Waals surface area contributed by atoms with Crippen molar-refractivity contribution in [1.82, 2.24) is 9.97 Å². The maximum atomic E-state index is 12.4. The van der Waals surface area contributed by atoms with Crippen LogP contribution < -0.4 is 16.9 Å². The molecule has 0 aliphatic carbocycles. The standard InChI is InChI=1S/C19H14N4O2/c20-18-16(19(21)25)17(24)15(11-23-18)14-7-5-12(6-8-14)3-4-13-2-1-9-22-10-13/h1-2,5-11H,(H2,21,25)(H3,20,23,24). The Bertz CT molecular complexity index is 1040. The van der Waals surface area contributed by atoms with Gasteiger partial charge in [0.25, 0.3) is 5.91 Å². The second kappa shape index (κ2) is 6.72. The Kier molecular flexibility index (Phi) is 4.31. The quantitative estimate of drug-likeness (QED) is 0.618. The zero-order chi connectivity index (χ0) is 17.8. The fourth-order valence-corrected chi connectivity index (χ4v) is 2.32. The van der Waals surface area contributed by atoms with Gasteiger partial charge in [0.05, 0.1) is 0 Å². The van der Waals surface area contributed by atoms with Gasteiger partial charge in [0.15, 0.2) is 0 Å². The van der Waals surface area contributed by atoms with Gasteiger partial charge in [-0.25, -0.2) is 0 Å². The van der Waals surface area contributed by atoms with E-state index in [9.17, 15) is 9.59 Å². The Labute approximate surface area is 143 Å². The van der Waals surface area contributed by atoms with Crippen molar-refractivity contribution in [2.75, 3.05) is 5.73 Å². The van der Waals surface area contributed by atoms with Crippen LogP contribution in [0, 0.1) is 11.8 Å². The minimum atomic E-state index is -0.862. The molecule has 1 amide bonds. The molecule has 6 nitrogen and oxygen atoms in total. The first kappa shape index (κ1) is 16.0. The molecule has 0 saturated heterocycles. The van der Waals surface area contributed by atoms with Gasteiger partial charge in [-0.15, -0.1) is 0 Å². The highest BCUT2D eigenvalue weighted by Crippen LogP contribution is 2.17. The van der Waals surface area contributed by atoms with Gasteiger partial charge in [0, 0.05) is 35.3 Å². The molecule has 0 atom stereocenters. The molecule has 0 aliphatic rings. The van der Waals surface area contributed by atoms with Crippen LogP contribution in [0.4, 0.5) is 5.82 Å². The highest BCUT2D eigenvalue weighted by atomic mass is 16.2. The van der Waals surface area contributed by atoms with E-state index < -0.39 is 11.3 Å². The number of aromatic amines is 1. The lowest BCUT2D eigenvalue weighted by Crippen LogP contribution is -2.25. The smallest absolute Gasteiger partial charge is 0.256 e. The van der Waals surface area contributed by atoms with E-state index >= 15 is 0 Å². The van der Waals surface area contributed by atoms with Crippen molar-refractivity contribution in [2.24, 2.45) is 5.73 Å². The summed E-state index contributed by atoms with van der Waals surface area (Å²) in [5.74, 6) is 5.12. The van der Waals surface area contributed by atoms with E-state index in [0.717, 1.165) is 11.1 Å². The van der Waals surface area contributed by atoms with Gasteiger partial charge in [0.1, 0.15) is 11.4 Å². The van der Waals surface area contributed by atoms with Crippen LogP contribution in [0.2, 0.25) is 0 Å². The minimum Gasteiger partial charge on any atom is -0.384 e. The third-order valence-corrected chi connectivity index (χ3v) is 3.57. The molecule has 0 unspecified atom stereocenters. The van der Waals surface area contributed by atoms with Gasteiger partial charge < -0.3 is 16.5 Å². The number of nitrogens with two attached hydrogens (primary N) is 2. The van der Waals surface area contributed by atoms with Gasteiger partial charge in [-0.05, 0) is 29.8 Å². The average molecular weight is 330 g/mol. The zero-order valence-corrected chi connectivity index (χ0v) is 13.1. The first-order chi connectivity index (χ1) is 12.1. The summed E-state index contributed by atoms with van der Waals surface area (Å²) in [6.45, 7) is 0. The number of nitrogens with one attached hydrogen (secondary N) is 1. The number of rotatable bonds is 2. The van der Waals surface area contributed by atoms with Crippen molar-refractivity contribution in [3.8, 4) is 23.0 Å². The lowest BCUT2D eigenvalue weighted by Gasteiger charge is -2.05. The van der Waals surface area contributed by atoms with Crippen molar-refractivity contribution < 1.29 is 4.79 Å². The van der Waals surface area contributed by atoms with Crippen molar-refractivity contribution in [1.29, 1.82) is 0 Å². The summed E-state index contributed by atoms with van der Waals surface area (Å²) in [5.41, 5.74) is 12.6. The predicted octanol–water partition coefficient (Wildman–Crippen LogP) is 1.52. The Hall–Kier alpha value is -3.85. The van der Waals surface area contributed by atoms with Crippen LogP contribution in [-0.2, 0) is 0 Å². The summed E-state index contributed by atoms with van der Waals surface area (Å²) in [5, 5.41) is 0. The number of pyridine rings is 2. The molecule has 6 heteroatoms. The molecule has 0 radical (unpaired) electrons. The van der Waals surface area contributed by atoms with E-state index in [0.29, 0.717) is 11.1 Å². The lowest BCUT2D eigenvalue weighted by atomic mass is 10.0. The molecule has 0 aliphatic heterocycles. The number of nitrogens with zero attached hydrogens (tertiary/aromatic N) is 1. The number of amides is 1. The van der Waals surface area contributed by atoms with E-state index in [4.69, 9.17) is 11.5 Å². The molecule has 0 bridgehead atoms. The third-order valence-electron chi connectivity index (χ3n) is 3.57. The molecule has 0 saturated carbocycles. The van der Waals surface area contributed by atoms with E-state index in [1.54, 1.807) is 36.7 Å². The van der Waals surface area contributed by atoms with Crippen LogP contribution in [0.3, 0.4) is 0 Å². The second-order valence-electron chi connectivity index (χ2n) is 5.25. The fourth-order valence-electron chi connectivity index (χ4n) is 2.32. The van der Waals surface area contributed by atoms with Crippen molar-refractivity contribution >= 4 is 11.7 Å². The van der Waals surface area contributed by atoms with Crippen LogP contribution in [0.25, 0.3) is 11.1 Å². The molecule has 0 spiro atoms. The van der Waals surface area contributed by atoms with Gasteiger partial charge >= 0.3 is 0 Å². The number of carbonyl (C=O) groups is 1. The summed E-state index contributed by atoms with van der Waals surface area (Å²) in [6.07, 6.45) is 4.82. The highest BCUT2D eigenvalue weighted by molar-refractivity contribution is 5.98. The highest BCUT2D eigenvalue weighted by Gasteiger charge is 2.15.